The van der Waals surface area contributed by atoms with Gasteiger partial charge < -0.3 is 20.8 Å². The van der Waals surface area contributed by atoms with Crippen molar-refractivity contribution in [2.75, 3.05) is 13.1 Å². The van der Waals surface area contributed by atoms with Crippen molar-refractivity contribution in [3.8, 4) is 0 Å². The molecule has 2 aromatic carbocycles. The summed E-state index contributed by atoms with van der Waals surface area (Å²) < 4.78 is 5.18. The Hall–Kier alpha value is -3.45. The van der Waals surface area contributed by atoms with Gasteiger partial charge in [-0.1, -0.05) is 30.3 Å². The van der Waals surface area contributed by atoms with Crippen molar-refractivity contribution < 1.29 is 14.0 Å². The normalized spacial score (nSPS) is 10.6. The monoisotopic (exact) mass is 379 g/mol. The minimum absolute atomic E-state index is 0.0467. The SMILES string of the molecule is NCCCNC(=O)c1ccc(CNC(=O)c2cc3ccccc3oc2=O)cc1. The lowest BCUT2D eigenvalue weighted by atomic mass is 10.1. The van der Waals surface area contributed by atoms with Crippen molar-refractivity contribution in [3.63, 3.8) is 0 Å². The first-order chi connectivity index (χ1) is 13.6. The molecule has 0 aliphatic rings. The Morgan fingerprint density at radius 3 is 2.46 bits per heavy atom. The van der Waals surface area contributed by atoms with Gasteiger partial charge >= 0.3 is 5.63 Å². The molecule has 0 atom stereocenters. The van der Waals surface area contributed by atoms with E-state index in [0.29, 0.717) is 29.6 Å². The zero-order valence-electron chi connectivity index (χ0n) is 15.2. The largest absolute Gasteiger partial charge is 0.422 e. The minimum Gasteiger partial charge on any atom is -0.422 e. The van der Waals surface area contributed by atoms with E-state index >= 15 is 0 Å². The fourth-order valence-corrected chi connectivity index (χ4v) is 2.68. The minimum atomic E-state index is -0.680. The third-order valence-electron chi connectivity index (χ3n) is 4.22. The smallest absolute Gasteiger partial charge is 0.349 e. The number of carbonyl (C=O) groups is 2. The summed E-state index contributed by atoms with van der Waals surface area (Å²) in [6, 6.07) is 15.4. The molecule has 0 fully saturated rings. The quantitative estimate of drug-likeness (QED) is 0.428. The highest BCUT2D eigenvalue weighted by molar-refractivity contribution is 5.96. The van der Waals surface area contributed by atoms with E-state index in [4.69, 9.17) is 10.2 Å². The summed E-state index contributed by atoms with van der Waals surface area (Å²) in [6.45, 7) is 1.27. The van der Waals surface area contributed by atoms with Crippen LogP contribution in [0.3, 0.4) is 0 Å². The molecule has 28 heavy (non-hydrogen) atoms. The first-order valence-electron chi connectivity index (χ1n) is 8.97. The summed E-state index contributed by atoms with van der Waals surface area (Å²) in [6.07, 6.45) is 0.721. The molecule has 0 aliphatic heterocycles. The summed E-state index contributed by atoms with van der Waals surface area (Å²) in [7, 11) is 0. The Bertz CT molecular complexity index is 1040. The molecule has 3 rings (SSSR count). The van der Waals surface area contributed by atoms with E-state index in [0.717, 1.165) is 12.0 Å². The van der Waals surface area contributed by atoms with E-state index in [1.54, 1.807) is 48.5 Å². The van der Waals surface area contributed by atoms with Gasteiger partial charge in [-0.3, -0.25) is 9.59 Å². The molecule has 1 heterocycles. The van der Waals surface area contributed by atoms with E-state index in [1.165, 1.54) is 6.07 Å². The highest BCUT2D eigenvalue weighted by Crippen LogP contribution is 2.12. The van der Waals surface area contributed by atoms with Crippen molar-refractivity contribution in [1.82, 2.24) is 10.6 Å². The molecule has 144 valence electrons. The highest BCUT2D eigenvalue weighted by atomic mass is 16.4. The Morgan fingerprint density at radius 1 is 0.964 bits per heavy atom. The van der Waals surface area contributed by atoms with Crippen molar-refractivity contribution in [3.05, 3.63) is 81.7 Å². The Kier molecular flexibility index (Phi) is 6.18. The van der Waals surface area contributed by atoms with Gasteiger partial charge in [0.05, 0.1) is 0 Å². The molecule has 0 bridgehead atoms. The molecule has 7 heteroatoms. The molecule has 0 aliphatic carbocycles. The molecule has 0 spiro atoms. The highest BCUT2D eigenvalue weighted by Gasteiger charge is 2.13. The van der Waals surface area contributed by atoms with Gasteiger partial charge in [-0.15, -0.1) is 0 Å². The Balaban J connectivity index is 1.62. The van der Waals surface area contributed by atoms with Crippen molar-refractivity contribution in [1.29, 1.82) is 0 Å². The molecule has 0 saturated carbocycles. The van der Waals surface area contributed by atoms with E-state index in [-0.39, 0.29) is 18.0 Å². The van der Waals surface area contributed by atoms with Gasteiger partial charge in [0.15, 0.2) is 0 Å². The second-order valence-electron chi connectivity index (χ2n) is 6.26. The van der Waals surface area contributed by atoms with E-state index in [2.05, 4.69) is 10.6 Å². The fourth-order valence-electron chi connectivity index (χ4n) is 2.68. The van der Waals surface area contributed by atoms with Gasteiger partial charge in [0, 0.05) is 24.0 Å². The van der Waals surface area contributed by atoms with Gasteiger partial charge in [-0.25, -0.2) is 4.79 Å². The maximum absolute atomic E-state index is 12.4. The Morgan fingerprint density at radius 2 is 1.71 bits per heavy atom. The van der Waals surface area contributed by atoms with Gasteiger partial charge in [0.1, 0.15) is 11.1 Å². The van der Waals surface area contributed by atoms with E-state index in [1.807, 2.05) is 0 Å². The molecule has 0 saturated heterocycles. The number of hydrogen-bond donors (Lipinski definition) is 3. The number of fused-ring (bicyclic) bond motifs is 1. The van der Waals surface area contributed by atoms with Crippen LogP contribution in [0.4, 0.5) is 0 Å². The van der Waals surface area contributed by atoms with Crippen LogP contribution in [-0.2, 0) is 6.54 Å². The molecule has 1 aromatic heterocycles. The number of nitrogens with one attached hydrogen (secondary N) is 2. The van der Waals surface area contributed by atoms with Crippen LogP contribution in [-0.4, -0.2) is 24.9 Å². The predicted octanol–water partition coefficient (Wildman–Crippen LogP) is 1.80. The second-order valence-corrected chi connectivity index (χ2v) is 6.26. The zero-order valence-corrected chi connectivity index (χ0v) is 15.2. The number of nitrogens with two attached hydrogens (primary N) is 1. The average Bonchev–Trinajstić information content (AvgIpc) is 2.72. The van der Waals surface area contributed by atoms with Gasteiger partial charge in [-0.2, -0.15) is 0 Å². The lowest BCUT2D eigenvalue weighted by Crippen LogP contribution is -2.28. The summed E-state index contributed by atoms with van der Waals surface area (Å²) in [5, 5.41) is 6.15. The number of amides is 2. The number of hydrogen-bond acceptors (Lipinski definition) is 5. The van der Waals surface area contributed by atoms with Gasteiger partial charge in [0.25, 0.3) is 11.8 Å². The summed E-state index contributed by atoms with van der Waals surface area (Å²) >= 11 is 0. The van der Waals surface area contributed by atoms with E-state index in [9.17, 15) is 14.4 Å². The maximum Gasteiger partial charge on any atom is 0.349 e. The molecule has 0 unspecified atom stereocenters. The van der Waals surface area contributed by atoms with Crippen LogP contribution in [0.5, 0.6) is 0 Å². The summed E-state index contributed by atoms with van der Waals surface area (Å²) in [4.78, 5) is 36.4. The van der Waals surface area contributed by atoms with E-state index < -0.39 is 11.5 Å². The topological polar surface area (TPSA) is 114 Å². The maximum atomic E-state index is 12.4. The van der Waals surface area contributed by atoms with Gasteiger partial charge in [0.2, 0.25) is 0 Å². The van der Waals surface area contributed by atoms with Crippen LogP contribution in [0.25, 0.3) is 11.0 Å². The van der Waals surface area contributed by atoms with Crippen LogP contribution < -0.4 is 22.0 Å². The lowest BCUT2D eigenvalue weighted by molar-refractivity contribution is 0.0940. The van der Waals surface area contributed by atoms with Crippen LogP contribution in [0.15, 0.2) is 63.8 Å². The first-order valence-corrected chi connectivity index (χ1v) is 8.97. The van der Waals surface area contributed by atoms with Crippen molar-refractivity contribution in [2.45, 2.75) is 13.0 Å². The average molecular weight is 379 g/mol. The molecule has 4 N–H and O–H groups in total. The second kappa shape index (κ2) is 8.96. The number of para-hydroxylation sites is 1. The van der Waals surface area contributed by atoms with Gasteiger partial charge in [-0.05, 0) is 42.8 Å². The third kappa shape index (κ3) is 4.63. The summed E-state index contributed by atoms with van der Waals surface area (Å²) in [5.41, 5.74) is 6.44. The Labute approximate surface area is 161 Å². The molecule has 0 radical (unpaired) electrons. The molecular formula is C21H21N3O4. The lowest BCUT2D eigenvalue weighted by Gasteiger charge is -2.07. The number of carbonyl (C=O) groups excluding carboxylic acids is 2. The number of rotatable bonds is 7. The van der Waals surface area contributed by atoms with Crippen LogP contribution in [0, 0.1) is 0 Å². The fraction of sp³-hybridized carbons (Fsp3) is 0.190. The van der Waals surface area contributed by atoms with Crippen molar-refractivity contribution in [2.24, 2.45) is 5.73 Å². The van der Waals surface area contributed by atoms with Crippen LogP contribution in [0.1, 0.15) is 32.7 Å². The molecule has 7 nitrogen and oxygen atoms in total. The molecule has 2 amide bonds. The standard InChI is InChI=1S/C21H21N3O4/c22-10-3-11-23-19(25)15-8-6-14(7-9-15)13-24-20(26)17-12-16-4-1-2-5-18(16)28-21(17)27/h1-2,4-9,12H,3,10-11,13,22H2,(H,23,25)(H,24,26). The molecular weight excluding hydrogens is 358 g/mol. The van der Waals surface area contributed by atoms with Crippen molar-refractivity contribution >= 4 is 22.8 Å². The third-order valence-corrected chi connectivity index (χ3v) is 4.22. The van der Waals surface area contributed by atoms with Crippen LogP contribution >= 0.6 is 0 Å². The predicted molar refractivity (Wildman–Crippen MR) is 106 cm³/mol. The number of benzene rings is 2. The first kappa shape index (κ1) is 19.3. The zero-order chi connectivity index (χ0) is 19.9. The summed E-state index contributed by atoms with van der Waals surface area (Å²) in [5.74, 6) is -0.680. The molecule has 3 aromatic rings. The van der Waals surface area contributed by atoms with Crippen LogP contribution in [0.2, 0.25) is 0 Å².